The molecule has 1 heterocycles. The van der Waals surface area contributed by atoms with Gasteiger partial charge in [-0.15, -0.1) is 0 Å². The van der Waals surface area contributed by atoms with Gasteiger partial charge < -0.3 is 28.4 Å². The SMILES string of the molecule is CCOC(=O)/C=C(\C)[C@H]1O[C@H](OC)[C@H](OC)[C@@H](OC)[C@@H]1OC. The van der Waals surface area contributed by atoms with E-state index >= 15 is 0 Å². The Bertz CT molecular complexity index is 382. The largest absolute Gasteiger partial charge is 0.463 e. The summed E-state index contributed by atoms with van der Waals surface area (Å²) >= 11 is 0. The van der Waals surface area contributed by atoms with Crippen LogP contribution in [-0.2, 0) is 33.2 Å². The lowest BCUT2D eigenvalue weighted by Gasteiger charge is -2.44. The highest BCUT2D eigenvalue weighted by Gasteiger charge is 2.47. The molecule has 1 fully saturated rings. The Morgan fingerprint density at radius 1 is 1.00 bits per heavy atom. The van der Waals surface area contributed by atoms with Gasteiger partial charge in [-0.25, -0.2) is 4.79 Å². The van der Waals surface area contributed by atoms with Crippen molar-refractivity contribution in [1.82, 2.24) is 0 Å². The van der Waals surface area contributed by atoms with Crippen LogP contribution in [0.1, 0.15) is 13.8 Å². The van der Waals surface area contributed by atoms with Crippen LogP contribution in [0.25, 0.3) is 0 Å². The highest BCUT2D eigenvalue weighted by atomic mass is 16.7. The molecule has 0 amide bonds. The van der Waals surface area contributed by atoms with Gasteiger partial charge in [0, 0.05) is 34.5 Å². The van der Waals surface area contributed by atoms with E-state index in [0.717, 1.165) is 0 Å². The zero-order chi connectivity index (χ0) is 16.7. The molecule has 0 aromatic carbocycles. The molecular formula is C15H26O7. The highest BCUT2D eigenvalue weighted by Crippen LogP contribution is 2.30. The predicted octanol–water partition coefficient (Wildman–Crippen LogP) is 0.912. The minimum atomic E-state index is -0.628. The minimum Gasteiger partial charge on any atom is -0.463 e. The second-order valence-corrected chi connectivity index (χ2v) is 4.90. The molecule has 0 saturated carbocycles. The van der Waals surface area contributed by atoms with E-state index in [9.17, 15) is 4.79 Å². The predicted molar refractivity (Wildman–Crippen MR) is 78.5 cm³/mol. The normalized spacial score (nSPS) is 32.8. The van der Waals surface area contributed by atoms with Crippen molar-refractivity contribution >= 4 is 5.97 Å². The van der Waals surface area contributed by atoms with Crippen molar-refractivity contribution in [3.05, 3.63) is 11.6 Å². The average Bonchev–Trinajstić information content (AvgIpc) is 2.52. The van der Waals surface area contributed by atoms with Gasteiger partial charge in [0.25, 0.3) is 0 Å². The summed E-state index contributed by atoms with van der Waals surface area (Å²) in [6.45, 7) is 3.84. The first kappa shape index (κ1) is 19.1. The van der Waals surface area contributed by atoms with Crippen molar-refractivity contribution in [2.24, 2.45) is 0 Å². The first-order valence-electron chi connectivity index (χ1n) is 7.15. The van der Waals surface area contributed by atoms with Crippen molar-refractivity contribution in [3.63, 3.8) is 0 Å². The monoisotopic (exact) mass is 318 g/mol. The van der Waals surface area contributed by atoms with Crippen LogP contribution in [0, 0.1) is 0 Å². The fourth-order valence-corrected chi connectivity index (χ4v) is 2.59. The number of esters is 1. The van der Waals surface area contributed by atoms with E-state index in [1.165, 1.54) is 13.2 Å². The number of methoxy groups -OCH3 is 4. The number of carbonyl (C=O) groups is 1. The zero-order valence-corrected chi connectivity index (χ0v) is 14.0. The molecule has 22 heavy (non-hydrogen) atoms. The van der Waals surface area contributed by atoms with Crippen LogP contribution in [0.2, 0.25) is 0 Å². The van der Waals surface area contributed by atoms with Crippen molar-refractivity contribution < 1.29 is 33.2 Å². The molecule has 1 aliphatic rings. The molecule has 0 spiro atoms. The lowest BCUT2D eigenvalue weighted by molar-refractivity contribution is -0.295. The summed E-state index contributed by atoms with van der Waals surface area (Å²) in [5.74, 6) is -0.421. The van der Waals surface area contributed by atoms with Crippen LogP contribution in [-0.4, -0.2) is 71.7 Å². The summed E-state index contributed by atoms with van der Waals surface area (Å²) in [6.07, 6.45) is -1.01. The molecule has 7 heteroatoms. The lowest BCUT2D eigenvalue weighted by atomic mass is 9.93. The van der Waals surface area contributed by atoms with Crippen molar-refractivity contribution in [2.45, 2.75) is 44.6 Å². The maximum absolute atomic E-state index is 11.6. The Morgan fingerprint density at radius 2 is 1.59 bits per heavy atom. The van der Waals surface area contributed by atoms with E-state index in [1.807, 2.05) is 0 Å². The van der Waals surface area contributed by atoms with Crippen LogP contribution < -0.4 is 0 Å². The molecule has 7 nitrogen and oxygen atoms in total. The van der Waals surface area contributed by atoms with Crippen LogP contribution >= 0.6 is 0 Å². The topological polar surface area (TPSA) is 72.5 Å². The van der Waals surface area contributed by atoms with Gasteiger partial charge in [-0.3, -0.25) is 0 Å². The molecule has 1 aliphatic heterocycles. The third-order valence-corrected chi connectivity index (χ3v) is 3.62. The van der Waals surface area contributed by atoms with E-state index in [2.05, 4.69) is 0 Å². The Morgan fingerprint density at radius 3 is 2.05 bits per heavy atom. The summed E-state index contributed by atoms with van der Waals surface area (Å²) in [6, 6.07) is 0. The molecular weight excluding hydrogens is 292 g/mol. The molecule has 0 aliphatic carbocycles. The molecule has 0 bridgehead atoms. The molecule has 1 rings (SSSR count). The molecule has 0 N–H and O–H groups in total. The van der Waals surface area contributed by atoms with Crippen molar-refractivity contribution in [1.29, 1.82) is 0 Å². The molecule has 128 valence electrons. The highest BCUT2D eigenvalue weighted by molar-refractivity contribution is 5.82. The molecule has 0 aromatic rings. The van der Waals surface area contributed by atoms with E-state index in [-0.39, 0.29) is 0 Å². The maximum Gasteiger partial charge on any atom is 0.330 e. The smallest absolute Gasteiger partial charge is 0.330 e. The fourth-order valence-electron chi connectivity index (χ4n) is 2.59. The summed E-state index contributed by atoms with van der Waals surface area (Å²) in [4.78, 5) is 11.6. The average molecular weight is 318 g/mol. The van der Waals surface area contributed by atoms with Gasteiger partial charge in [0.2, 0.25) is 0 Å². The Balaban J connectivity index is 3.03. The minimum absolute atomic E-state index is 0.314. The van der Waals surface area contributed by atoms with Gasteiger partial charge in [0.1, 0.15) is 24.4 Å². The van der Waals surface area contributed by atoms with Gasteiger partial charge in [0.15, 0.2) is 6.29 Å². The standard InChI is InChI=1S/C15H26O7/c1-7-21-10(16)8-9(2)11-12(17-3)13(18-4)14(19-5)15(20-6)22-11/h8,11-15H,7H2,1-6H3/b9-8+/t11-,12-,13+,14-,15+/m1/s1. The molecule has 0 unspecified atom stereocenters. The van der Waals surface area contributed by atoms with Crippen molar-refractivity contribution in [2.75, 3.05) is 35.0 Å². The summed E-state index contributed by atoms with van der Waals surface area (Å²) < 4.78 is 32.6. The third kappa shape index (κ3) is 4.27. The summed E-state index contributed by atoms with van der Waals surface area (Å²) in [7, 11) is 6.21. The second kappa shape index (κ2) is 9.22. The van der Waals surface area contributed by atoms with E-state index in [1.54, 1.807) is 35.2 Å². The first-order valence-corrected chi connectivity index (χ1v) is 7.15. The van der Waals surface area contributed by atoms with E-state index in [4.69, 9.17) is 28.4 Å². The lowest BCUT2D eigenvalue weighted by Crippen LogP contribution is -2.60. The first-order chi connectivity index (χ1) is 10.5. The van der Waals surface area contributed by atoms with E-state index < -0.39 is 36.7 Å². The van der Waals surface area contributed by atoms with Gasteiger partial charge in [-0.05, 0) is 19.4 Å². The molecule has 0 aromatic heterocycles. The van der Waals surface area contributed by atoms with Crippen LogP contribution in [0.4, 0.5) is 0 Å². The van der Waals surface area contributed by atoms with Gasteiger partial charge in [0.05, 0.1) is 6.61 Å². The summed E-state index contributed by atoms with van der Waals surface area (Å²) in [5, 5.41) is 0. The van der Waals surface area contributed by atoms with Crippen LogP contribution in [0.5, 0.6) is 0 Å². The Hall–Kier alpha value is -0.990. The van der Waals surface area contributed by atoms with E-state index in [0.29, 0.717) is 12.2 Å². The molecule has 5 atom stereocenters. The van der Waals surface area contributed by atoms with Crippen LogP contribution in [0.15, 0.2) is 11.6 Å². The quantitative estimate of drug-likeness (QED) is 0.510. The number of hydrogen-bond acceptors (Lipinski definition) is 7. The third-order valence-electron chi connectivity index (χ3n) is 3.62. The van der Waals surface area contributed by atoms with Crippen LogP contribution in [0.3, 0.4) is 0 Å². The Kier molecular flexibility index (Phi) is 7.98. The number of carbonyl (C=O) groups excluding carboxylic acids is 1. The number of rotatable bonds is 7. The molecule has 0 radical (unpaired) electrons. The summed E-state index contributed by atoms with van der Waals surface area (Å²) in [5.41, 5.74) is 0.670. The zero-order valence-electron chi connectivity index (χ0n) is 14.0. The maximum atomic E-state index is 11.6. The second-order valence-electron chi connectivity index (χ2n) is 4.90. The van der Waals surface area contributed by atoms with Crippen molar-refractivity contribution in [3.8, 4) is 0 Å². The van der Waals surface area contributed by atoms with Gasteiger partial charge >= 0.3 is 5.97 Å². The van der Waals surface area contributed by atoms with Gasteiger partial charge in [-0.1, -0.05) is 0 Å². The Labute approximate surface area is 131 Å². The number of ether oxygens (including phenoxy) is 6. The fraction of sp³-hybridized carbons (Fsp3) is 0.800. The number of hydrogen-bond donors (Lipinski definition) is 0. The van der Waals surface area contributed by atoms with Gasteiger partial charge in [-0.2, -0.15) is 0 Å². The molecule has 1 saturated heterocycles.